The van der Waals surface area contributed by atoms with Gasteiger partial charge in [-0.1, -0.05) is 25.8 Å². The molecule has 0 heterocycles. The molecule has 1 saturated carbocycles. The van der Waals surface area contributed by atoms with E-state index in [1.165, 1.54) is 12.8 Å². The van der Waals surface area contributed by atoms with Crippen molar-refractivity contribution < 1.29 is 4.39 Å². The molecule has 1 aliphatic rings. The zero-order valence-corrected chi connectivity index (χ0v) is 9.54. The summed E-state index contributed by atoms with van der Waals surface area (Å²) in [6, 6.07) is 6.90. The van der Waals surface area contributed by atoms with Crippen LogP contribution in [0.5, 0.6) is 0 Å². The Kier molecular flexibility index (Phi) is 3.24. The van der Waals surface area contributed by atoms with Gasteiger partial charge >= 0.3 is 0 Å². The van der Waals surface area contributed by atoms with Gasteiger partial charge in [-0.25, -0.2) is 4.39 Å². The second-order valence-corrected chi connectivity index (χ2v) is 4.81. The van der Waals surface area contributed by atoms with Crippen LogP contribution in [0.2, 0.25) is 0 Å². The third kappa shape index (κ3) is 2.24. The molecule has 1 nitrogen and oxygen atoms in total. The molecule has 0 aromatic heterocycles. The Morgan fingerprint density at radius 2 is 1.94 bits per heavy atom. The van der Waals surface area contributed by atoms with Crippen molar-refractivity contribution in [2.45, 2.75) is 38.5 Å². The molecule has 0 atom stereocenters. The molecule has 0 bridgehead atoms. The SMILES string of the molecule is CC1CCC(c2ccc(C#N)c(F)c2)CC1. The molecule has 0 aliphatic heterocycles. The van der Waals surface area contributed by atoms with E-state index < -0.39 is 0 Å². The second-order valence-electron chi connectivity index (χ2n) is 4.81. The smallest absolute Gasteiger partial charge is 0.141 e. The van der Waals surface area contributed by atoms with Crippen molar-refractivity contribution in [3.8, 4) is 6.07 Å². The minimum absolute atomic E-state index is 0.146. The van der Waals surface area contributed by atoms with Gasteiger partial charge in [-0.15, -0.1) is 0 Å². The normalized spacial score (nSPS) is 25.1. The first-order valence-electron chi connectivity index (χ1n) is 5.90. The fourth-order valence-corrected chi connectivity index (χ4v) is 2.47. The highest BCUT2D eigenvalue weighted by Crippen LogP contribution is 2.35. The number of nitrogens with zero attached hydrogens (tertiary/aromatic N) is 1. The average Bonchev–Trinajstić information content (AvgIpc) is 2.30. The molecule has 0 radical (unpaired) electrons. The molecule has 0 unspecified atom stereocenters. The lowest BCUT2D eigenvalue weighted by Crippen LogP contribution is -2.11. The van der Waals surface area contributed by atoms with E-state index in [9.17, 15) is 4.39 Å². The van der Waals surface area contributed by atoms with Crippen LogP contribution in [0.4, 0.5) is 4.39 Å². The third-order valence-electron chi connectivity index (χ3n) is 3.60. The second kappa shape index (κ2) is 4.65. The van der Waals surface area contributed by atoms with E-state index in [1.54, 1.807) is 12.1 Å². The van der Waals surface area contributed by atoms with Gasteiger partial charge in [0.05, 0.1) is 5.56 Å². The molecular weight excluding hydrogens is 201 g/mol. The van der Waals surface area contributed by atoms with Gasteiger partial charge in [-0.3, -0.25) is 0 Å². The van der Waals surface area contributed by atoms with Crippen LogP contribution in [0.1, 0.15) is 49.7 Å². The third-order valence-corrected chi connectivity index (χ3v) is 3.60. The molecule has 2 rings (SSSR count). The molecule has 1 fully saturated rings. The summed E-state index contributed by atoms with van der Waals surface area (Å²) in [6.07, 6.45) is 4.75. The molecule has 0 amide bonds. The molecule has 0 spiro atoms. The van der Waals surface area contributed by atoms with E-state index in [0.717, 1.165) is 24.3 Å². The highest BCUT2D eigenvalue weighted by Gasteiger charge is 2.20. The molecule has 0 saturated heterocycles. The van der Waals surface area contributed by atoms with E-state index >= 15 is 0 Å². The molecule has 2 heteroatoms. The number of hydrogen-bond donors (Lipinski definition) is 0. The standard InChI is InChI=1S/C14H16FN/c1-10-2-4-11(5-3-10)12-6-7-13(9-16)14(15)8-12/h6-8,10-11H,2-5H2,1H3. The summed E-state index contributed by atoms with van der Waals surface area (Å²) >= 11 is 0. The van der Waals surface area contributed by atoms with Crippen LogP contribution < -0.4 is 0 Å². The van der Waals surface area contributed by atoms with Crippen molar-refractivity contribution in [1.82, 2.24) is 0 Å². The number of nitriles is 1. The molecule has 84 valence electrons. The summed E-state index contributed by atoms with van der Waals surface area (Å²) in [4.78, 5) is 0. The van der Waals surface area contributed by atoms with Crippen molar-refractivity contribution in [3.63, 3.8) is 0 Å². The first-order chi connectivity index (χ1) is 7.70. The molecule has 0 N–H and O–H groups in total. The zero-order chi connectivity index (χ0) is 11.5. The first-order valence-corrected chi connectivity index (χ1v) is 5.90. The fraction of sp³-hybridized carbons (Fsp3) is 0.500. The van der Waals surface area contributed by atoms with Crippen molar-refractivity contribution in [2.75, 3.05) is 0 Å². The van der Waals surface area contributed by atoms with Crippen LogP contribution in [-0.2, 0) is 0 Å². The zero-order valence-electron chi connectivity index (χ0n) is 9.54. The highest BCUT2D eigenvalue weighted by atomic mass is 19.1. The molecule has 16 heavy (non-hydrogen) atoms. The number of hydrogen-bond acceptors (Lipinski definition) is 1. The van der Waals surface area contributed by atoms with Crippen LogP contribution in [0, 0.1) is 23.1 Å². The van der Waals surface area contributed by atoms with Gasteiger partial charge in [0.2, 0.25) is 0 Å². The predicted octanol–water partition coefficient (Wildman–Crippen LogP) is 3.99. The van der Waals surface area contributed by atoms with Crippen LogP contribution in [-0.4, -0.2) is 0 Å². The lowest BCUT2D eigenvalue weighted by Gasteiger charge is -2.26. The van der Waals surface area contributed by atoms with Crippen LogP contribution in [0.25, 0.3) is 0 Å². The maximum atomic E-state index is 13.5. The van der Waals surface area contributed by atoms with Gasteiger partial charge in [0, 0.05) is 0 Å². The summed E-state index contributed by atoms with van der Waals surface area (Å²) in [5, 5.41) is 8.66. The highest BCUT2D eigenvalue weighted by molar-refractivity contribution is 5.34. The lowest BCUT2D eigenvalue weighted by molar-refractivity contribution is 0.347. The quantitative estimate of drug-likeness (QED) is 0.697. The van der Waals surface area contributed by atoms with Crippen LogP contribution in [0.3, 0.4) is 0 Å². The van der Waals surface area contributed by atoms with E-state index in [0.29, 0.717) is 5.92 Å². The van der Waals surface area contributed by atoms with Gasteiger partial charge in [0.15, 0.2) is 0 Å². The monoisotopic (exact) mass is 217 g/mol. The predicted molar refractivity (Wildman–Crippen MR) is 61.5 cm³/mol. The maximum absolute atomic E-state index is 13.5. The summed E-state index contributed by atoms with van der Waals surface area (Å²) in [6.45, 7) is 2.27. The topological polar surface area (TPSA) is 23.8 Å². The summed E-state index contributed by atoms with van der Waals surface area (Å²) in [7, 11) is 0. The Morgan fingerprint density at radius 1 is 1.25 bits per heavy atom. The summed E-state index contributed by atoms with van der Waals surface area (Å²) in [5.74, 6) is 0.913. The summed E-state index contributed by atoms with van der Waals surface area (Å²) in [5.41, 5.74) is 1.20. The van der Waals surface area contributed by atoms with E-state index in [-0.39, 0.29) is 11.4 Å². The number of benzene rings is 1. The Balaban J connectivity index is 2.16. The van der Waals surface area contributed by atoms with Crippen molar-refractivity contribution in [1.29, 1.82) is 5.26 Å². The number of halogens is 1. The van der Waals surface area contributed by atoms with Crippen LogP contribution in [0.15, 0.2) is 18.2 Å². The maximum Gasteiger partial charge on any atom is 0.141 e. The molecule has 1 aromatic rings. The van der Waals surface area contributed by atoms with E-state index in [4.69, 9.17) is 5.26 Å². The Labute approximate surface area is 95.9 Å². The Hall–Kier alpha value is -1.36. The lowest BCUT2D eigenvalue weighted by atomic mass is 9.79. The first kappa shape index (κ1) is 11.1. The Bertz CT molecular complexity index is 411. The molecule has 1 aromatic carbocycles. The number of rotatable bonds is 1. The minimum Gasteiger partial charge on any atom is -0.206 e. The molecule has 1 aliphatic carbocycles. The van der Waals surface area contributed by atoms with E-state index in [1.807, 2.05) is 12.1 Å². The minimum atomic E-state index is -0.376. The van der Waals surface area contributed by atoms with Gasteiger partial charge in [0.25, 0.3) is 0 Å². The summed E-state index contributed by atoms with van der Waals surface area (Å²) < 4.78 is 13.5. The largest absolute Gasteiger partial charge is 0.206 e. The van der Waals surface area contributed by atoms with Crippen molar-refractivity contribution in [3.05, 3.63) is 35.1 Å². The Morgan fingerprint density at radius 3 is 2.50 bits per heavy atom. The fourth-order valence-electron chi connectivity index (χ4n) is 2.47. The van der Waals surface area contributed by atoms with Gasteiger partial charge in [-0.05, 0) is 42.4 Å². The van der Waals surface area contributed by atoms with Gasteiger partial charge in [-0.2, -0.15) is 5.26 Å². The molecular formula is C14H16FN. The van der Waals surface area contributed by atoms with Gasteiger partial charge < -0.3 is 0 Å². The van der Waals surface area contributed by atoms with Gasteiger partial charge in [0.1, 0.15) is 11.9 Å². The average molecular weight is 217 g/mol. The van der Waals surface area contributed by atoms with Crippen molar-refractivity contribution >= 4 is 0 Å². The van der Waals surface area contributed by atoms with Crippen molar-refractivity contribution in [2.24, 2.45) is 5.92 Å². The van der Waals surface area contributed by atoms with E-state index in [2.05, 4.69) is 6.92 Å². The van der Waals surface area contributed by atoms with Crippen LogP contribution >= 0.6 is 0 Å².